The van der Waals surface area contributed by atoms with E-state index in [9.17, 15) is 0 Å². The minimum absolute atomic E-state index is 0.0149. The zero-order chi connectivity index (χ0) is 12.1. The number of anilines is 1. The number of pyridine rings is 1. The maximum atomic E-state index is 9.08. The Morgan fingerprint density at radius 1 is 1.69 bits per heavy atom. The molecule has 1 rings (SSSR count). The van der Waals surface area contributed by atoms with E-state index in [0.717, 1.165) is 0 Å². The molecule has 1 aromatic heterocycles. The van der Waals surface area contributed by atoms with Crippen LogP contribution in [0.3, 0.4) is 0 Å². The number of amidine groups is 1. The average Bonchev–Trinajstić information content (AvgIpc) is 2.35. The van der Waals surface area contributed by atoms with Crippen LogP contribution in [-0.4, -0.2) is 40.8 Å². The van der Waals surface area contributed by atoms with Crippen LogP contribution in [0.25, 0.3) is 0 Å². The Kier molecular flexibility index (Phi) is 4.07. The lowest BCUT2D eigenvalue weighted by atomic mass is 10.1. The van der Waals surface area contributed by atoms with Crippen LogP contribution in [0.4, 0.5) is 5.69 Å². The highest BCUT2D eigenvalue weighted by Gasteiger charge is 2.15. The molecule has 1 atom stereocenters. The smallest absolute Gasteiger partial charge is 0.172 e. The van der Waals surface area contributed by atoms with Gasteiger partial charge in [0.05, 0.1) is 18.5 Å². The molecule has 4 N–H and O–H groups in total. The number of nitrogens with zero attached hydrogens (tertiary/aromatic N) is 3. The molecule has 6 nitrogen and oxygen atoms in total. The Bertz CT molecular complexity index is 381. The fraction of sp³-hybridized carbons (Fsp3) is 0.400. The van der Waals surface area contributed by atoms with E-state index in [4.69, 9.17) is 16.0 Å². The van der Waals surface area contributed by atoms with Crippen LogP contribution in [0.15, 0.2) is 23.6 Å². The lowest BCUT2D eigenvalue weighted by Crippen LogP contribution is -2.33. The molecular formula is C10H16N4O2. The molecular weight excluding hydrogens is 208 g/mol. The van der Waals surface area contributed by atoms with Gasteiger partial charge in [0.25, 0.3) is 0 Å². The van der Waals surface area contributed by atoms with E-state index in [1.54, 1.807) is 18.5 Å². The van der Waals surface area contributed by atoms with Crippen molar-refractivity contribution in [1.29, 1.82) is 0 Å². The first-order chi connectivity index (χ1) is 7.61. The average molecular weight is 224 g/mol. The molecule has 0 spiro atoms. The van der Waals surface area contributed by atoms with Crippen LogP contribution in [0.1, 0.15) is 12.5 Å². The van der Waals surface area contributed by atoms with Gasteiger partial charge in [-0.3, -0.25) is 4.98 Å². The number of aromatic nitrogens is 1. The number of nitrogens with two attached hydrogens (primary N) is 1. The fourth-order valence-electron chi connectivity index (χ4n) is 1.30. The Hall–Kier alpha value is -1.82. The highest BCUT2D eigenvalue weighted by Crippen LogP contribution is 2.19. The third kappa shape index (κ3) is 2.40. The monoisotopic (exact) mass is 224 g/mol. The molecule has 0 aliphatic carbocycles. The normalized spacial score (nSPS) is 13.6. The summed E-state index contributed by atoms with van der Waals surface area (Å²) in [4.78, 5) is 5.80. The van der Waals surface area contributed by atoms with Gasteiger partial charge >= 0.3 is 0 Å². The topological polar surface area (TPSA) is 95.0 Å². The molecule has 1 aromatic rings. The summed E-state index contributed by atoms with van der Waals surface area (Å²) < 4.78 is 0. The number of hydrogen-bond donors (Lipinski definition) is 3. The first-order valence-corrected chi connectivity index (χ1v) is 4.87. The van der Waals surface area contributed by atoms with Crippen LogP contribution in [0, 0.1) is 0 Å². The van der Waals surface area contributed by atoms with Gasteiger partial charge in [0, 0.05) is 24.8 Å². The van der Waals surface area contributed by atoms with E-state index in [2.05, 4.69) is 10.1 Å². The van der Waals surface area contributed by atoms with E-state index >= 15 is 0 Å². The highest BCUT2D eigenvalue weighted by molar-refractivity contribution is 6.01. The molecule has 0 amide bonds. The van der Waals surface area contributed by atoms with E-state index in [0.29, 0.717) is 11.3 Å². The first kappa shape index (κ1) is 12.3. The number of rotatable bonds is 4. The van der Waals surface area contributed by atoms with Crippen LogP contribution in [-0.2, 0) is 0 Å². The van der Waals surface area contributed by atoms with Crippen molar-refractivity contribution in [3.8, 4) is 0 Å². The lowest BCUT2D eigenvalue weighted by Gasteiger charge is -2.26. The second kappa shape index (κ2) is 5.32. The van der Waals surface area contributed by atoms with Gasteiger partial charge < -0.3 is 20.9 Å². The van der Waals surface area contributed by atoms with Crippen LogP contribution < -0.4 is 10.6 Å². The molecule has 0 aliphatic rings. The molecule has 0 saturated carbocycles. The van der Waals surface area contributed by atoms with E-state index in [1.165, 1.54) is 0 Å². The van der Waals surface area contributed by atoms with Crippen LogP contribution in [0.2, 0.25) is 0 Å². The summed E-state index contributed by atoms with van der Waals surface area (Å²) in [5, 5.41) is 20.7. The lowest BCUT2D eigenvalue weighted by molar-refractivity contribution is 0.270. The van der Waals surface area contributed by atoms with Gasteiger partial charge in [-0.25, -0.2) is 0 Å². The molecule has 1 unspecified atom stereocenters. The molecule has 0 aromatic carbocycles. The summed E-state index contributed by atoms with van der Waals surface area (Å²) in [5.41, 5.74) is 6.85. The minimum Gasteiger partial charge on any atom is -0.409 e. The van der Waals surface area contributed by atoms with Crippen LogP contribution >= 0.6 is 0 Å². The molecule has 0 aliphatic heterocycles. The number of oxime groups is 1. The molecule has 6 heteroatoms. The van der Waals surface area contributed by atoms with Crippen molar-refractivity contribution in [2.45, 2.75) is 13.0 Å². The van der Waals surface area contributed by atoms with Crippen molar-refractivity contribution in [2.75, 3.05) is 18.6 Å². The van der Waals surface area contributed by atoms with Crippen molar-refractivity contribution in [3.05, 3.63) is 24.0 Å². The third-order valence-corrected chi connectivity index (χ3v) is 2.49. The van der Waals surface area contributed by atoms with E-state index in [-0.39, 0.29) is 18.5 Å². The van der Waals surface area contributed by atoms with Gasteiger partial charge in [-0.2, -0.15) is 0 Å². The van der Waals surface area contributed by atoms with Gasteiger partial charge in [-0.1, -0.05) is 5.16 Å². The second-order valence-electron chi connectivity index (χ2n) is 3.52. The fourth-order valence-corrected chi connectivity index (χ4v) is 1.30. The number of hydrogen-bond acceptors (Lipinski definition) is 5. The van der Waals surface area contributed by atoms with Crippen molar-refractivity contribution in [1.82, 2.24) is 4.98 Å². The molecule has 16 heavy (non-hydrogen) atoms. The molecule has 88 valence electrons. The Labute approximate surface area is 94.0 Å². The third-order valence-electron chi connectivity index (χ3n) is 2.49. The zero-order valence-corrected chi connectivity index (χ0v) is 9.33. The van der Waals surface area contributed by atoms with Crippen molar-refractivity contribution >= 4 is 11.5 Å². The van der Waals surface area contributed by atoms with Gasteiger partial charge in [0.1, 0.15) is 0 Å². The summed E-state index contributed by atoms with van der Waals surface area (Å²) in [6.45, 7) is 1.88. The maximum absolute atomic E-state index is 9.08. The Morgan fingerprint density at radius 2 is 2.38 bits per heavy atom. The number of aliphatic hydroxyl groups excluding tert-OH is 1. The zero-order valence-electron chi connectivity index (χ0n) is 9.33. The summed E-state index contributed by atoms with van der Waals surface area (Å²) in [5.74, 6) is 0.0226. The first-order valence-electron chi connectivity index (χ1n) is 4.87. The summed E-state index contributed by atoms with van der Waals surface area (Å²) in [7, 11) is 1.81. The molecule has 1 heterocycles. The minimum atomic E-state index is -0.0746. The van der Waals surface area contributed by atoms with Gasteiger partial charge in [-0.05, 0) is 13.0 Å². The van der Waals surface area contributed by atoms with E-state index < -0.39 is 0 Å². The predicted octanol–water partition coefficient (Wildman–Crippen LogP) is -0.00690. The maximum Gasteiger partial charge on any atom is 0.172 e. The number of aliphatic hydroxyl groups is 1. The number of likely N-dealkylation sites (N-methyl/N-ethyl adjacent to an activating group) is 1. The molecule has 0 fully saturated rings. The van der Waals surface area contributed by atoms with Gasteiger partial charge in [0.15, 0.2) is 5.84 Å². The highest BCUT2D eigenvalue weighted by atomic mass is 16.4. The van der Waals surface area contributed by atoms with Gasteiger partial charge in [-0.15, -0.1) is 0 Å². The summed E-state index contributed by atoms with van der Waals surface area (Å²) >= 11 is 0. The molecule has 0 bridgehead atoms. The van der Waals surface area contributed by atoms with Crippen molar-refractivity contribution in [3.63, 3.8) is 0 Å². The van der Waals surface area contributed by atoms with Crippen molar-refractivity contribution in [2.24, 2.45) is 10.9 Å². The Balaban J connectivity index is 3.13. The SMILES string of the molecule is CC(CO)N(C)c1cnccc1/C(N)=N/O. The van der Waals surface area contributed by atoms with Crippen LogP contribution in [0.5, 0.6) is 0 Å². The second-order valence-corrected chi connectivity index (χ2v) is 3.52. The summed E-state index contributed by atoms with van der Waals surface area (Å²) in [6.07, 6.45) is 3.17. The standard InChI is InChI=1S/C10H16N4O2/c1-7(6-15)14(2)9-5-12-4-3-8(9)10(11)13-16/h3-5,7,15-16H,6H2,1-2H3,(H2,11,13). The largest absolute Gasteiger partial charge is 0.409 e. The van der Waals surface area contributed by atoms with Gasteiger partial charge in [0.2, 0.25) is 0 Å². The predicted molar refractivity (Wildman–Crippen MR) is 61.7 cm³/mol. The molecule has 0 radical (unpaired) electrons. The quantitative estimate of drug-likeness (QED) is 0.289. The molecule has 0 saturated heterocycles. The Morgan fingerprint density at radius 3 is 2.94 bits per heavy atom. The van der Waals surface area contributed by atoms with E-state index in [1.807, 2.05) is 18.9 Å². The van der Waals surface area contributed by atoms with Crippen molar-refractivity contribution < 1.29 is 10.3 Å². The summed E-state index contributed by atoms with van der Waals surface area (Å²) in [6, 6.07) is 1.58.